The minimum atomic E-state index is -4.78. The summed E-state index contributed by atoms with van der Waals surface area (Å²) in [5, 5.41) is 18.4. The molecule has 4 nitrogen and oxygen atoms in total. The van der Waals surface area contributed by atoms with Crippen LogP contribution in [0.3, 0.4) is 0 Å². The van der Waals surface area contributed by atoms with Crippen molar-refractivity contribution in [2.75, 3.05) is 6.61 Å². The molecule has 2 rings (SSSR count). The summed E-state index contributed by atoms with van der Waals surface area (Å²) in [5.74, 6) is -3.30. The summed E-state index contributed by atoms with van der Waals surface area (Å²) in [4.78, 5) is 10.5. The van der Waals surface area contributed by atoms with Gasteiger partial charge in [-0.05, 0) is 47.2 Å². The van der Waals surface area contributed by atoms with Crippen molar-refractivity contribution in [2.45, 2.75) is 32.4 Å². The Morgan fingerprint density at radius 2 is 1.85 bits per heavy atom. The van der Waals surface area contributed by atoms with Gasteiger partial charge in [0.05, 0.1) is 5.56 Å². The van der Waals surface area contributed by atoms with Crippen LogP contribution in [0.5, 0.6) is 11.5 Å². The van der Waals surface area contributed by atoms with Crippen molar-refractivity contribution >= 4 is 5.97 Å². The van der Waals surface area contributed by atoms with E-state index in [9.17, 15) is 27.5 Å². The quantitative estimate of drug-likeness (QED) is 0.705. The van der Waals surface area contributed by atoms with Gasteiger partial charge < -0.3 is 14.9 Å². The van der Waals surface area contributed by atoms with Crippen LogP contribution in [0.25, 0.3) is 0 Å². The highest BCUT2D eigenvalue weighted by Crippen LogP contribution is 2.37. The summed E-state index contributed by atoms with van der Waals surface area (Å²) in [6, 6.07) is 5.60. The molecule has 0 unspecified atom stereocenters. The Morgan fingerprint density at radius 3 is 2.41 bits per heavy atom. The Kier molecular flexibility index (Phi) is 5.98. The number of carbonyl (C=O) groups is 1. The van der Waals surface area contributed by atoms with E-state index in [1.165, 1.54) is 12.1 Å². The van der Waals surface area contributed by atoms with Gasteiger partial charge >= 0.3 is 12.1 Å². The van der Waals surface area contributed by atoms with Gasteiger partial charge in [0.1, 0.15) is 5.75 Å². The van der Waals surface area contributed by atoms with Crippen molar-refractivity contribution in [1.82, 2.24) is 0 Å². The second-order valence-electron chi connectivity index (χ2n) is 6.34. The van der Waals surface area contributed by atoms with E-state index >= 15 is 0 Å². The lowest BCUT2D eigenvalue weighted by atomic mass is 9.94. The van der Waals surface area contributed by atoms with Gasteiger partial charge in [0.15, 0.2) is 18.2 Å². The number of hydrogen-bond donors (Lipinski definition) is 2. The third-order valence-electron chi connectivity index (χ3n) is 3.92. The molecule has 0 saturated carbocycles. The van der Waals surface area contributed by atoms with Crippen molar-refractivity contribution in [3.05, 3.63) is 58.4 Å². The standard InChI is InChI=1S/C19H18F4O4/c1-10(2)13-6-11(3-4-16(13)24)5-12-7-15(20)17(27-9-18(25)26)8-14(12)19(21,22)23/h3-4,6-8,10,24H,5,9H2,1-2H3,(H,25,26). The number of carboxylic acid groups (broad SMARTS) is 1. The lowest BCUT2D eigenvalue weighted by Crippen LogP contribution is -2.14. The van der Waals surface area contributed by atoms with E-state index in [1.54, 1.807) is 6.07 Å². The summed E-state index contributed by atoms with van der Waals surface area (Å²) >= 11 is 0. The SMILES string of the molecule is CC(C)c1cc(Cc2cc(F)c(OCC(=O)O)cc2C(F)(F)F)ccc1O. The Balaban J connectivity index is 2.45. The fraction of sp³-hybridized carbons (Fsp3) is 0.316. The third-order valence-corrected chi connectivity index (χ3v) is 3.92. The van der Waals surface area contributed by atoms with Crippen molar-refractivity contribution < 1.29 is 37.3 Å². The molecule has 0 atom stereocenters. The minimum Gasteiger partial charge on any atom is -0.508 e. The van der Waals surface area contributed by atoms with Gasteiger partial charge in [-0.25, -0.2) is 9.18 Å². The molecular weight excluding hydrogens is 368 g/mol. The first-order valence-electron chi connectivity index (χ1n) is 8.05. The number of carboxylic acids is 1. The van der Waals surface area contributed by atoms with E-state index in [1.807, 2.05) is 13.8 Å². The Labute approximate surface area is 153 Å². The Bertz CT molecular complexity index is 844. The molecule has 146 valence electrons. The number of benzene rings is 2. The van der Waals surface area contributed by atoms with Gasteiger partial charge in [0.2, 0.25) is 0 Å². The van der Waals surface area contributed by atoms with Crippen LogP contribution in [0.4, 0.5) is 17.6 Å². The number of rotatable bonds is 6. The van der Waals surface area contributed by atoms with Crippen molar-refractivity contribution in [2.24, 2.45) is 0 Å². The number of halogens is 4. The van der Waals surface area contributed by atoms with Crippen molar-refractivity contribution in [3.8, 4) is 11.5 Å². The molecule has 2 aromatic rings. The maximum absolute atomic E-state index is 14.1. The van der Waals surface area contributed by atoms with Crippen LogP contribution < -0.4 is 4.74 Å². The molecule has 0 bridgehead atoms. The monoisotopic (exact) mass is 386 g/mol. The molecule has 0 radical (unpaired) electrons. The molecule has 8 heteroatoms. The summed E-state index contributed by atoms with van der Waals surface area (Å²) in [6.45, 7) is 2.70. The number of alkyl halides is 3. The van der Waals surface area contributed by atoms with E-state index in [0.717, 1.165) is 0 Å². The first kappa shape index (κ1) is 20.5. The number of aromatic hydroxyl groups is 1. The van der Waals surface area contributed by atoms with Gasteiger partial charge in [-0.1, -0.05) is 26.0 Å². The first-order chi connectivity index (χ1) is 12.5. The summed E-state index contributed by atoms with van der Waals surface area (Å²) in [6.07, 6.45) is -4.99. The zero-order valence-corrected chi connectivity index (χ0v) is 14.6. The number of phenolic OH excluding ortho intramolecular Hbond substituents is 1. The molecule has 0 aromatic heterocycles. The fourth-order valence-electron chi connectivity index (χ4n) is 2.65. The maximum Gasteiger partial charge on any atom is 0.416 e. The predicted molar refractivity (Wildman–Crippen MR) is 89.5 cm³/mol. The number of aliphatic carboxylic acids is 1. The van der Waals surface area contributed by atoms with Gasteiger partial charge in [0.25, 0.3) is 0 Å². The average molecular weight is 386 g/mol. The van der Waals surface area contributed by atoms with Crippen LogP contribution in [0.15, 0.2) is 30.3 Å². The van der Waals surface area contributed by atoms with Crippen molar-refractivity contribution in [1.29, 1.82) is 0 Å². The number of ether oxygens (including phenoxy) is 1. The summed E-state index contributed by atoms with van der Waals surface area (Å²) in [7, 11) is 0. The van der Waals surface area contributed by atoms with E-state index < -0.39 is 35.9 Å². The number of hydrogen-bond acceptors (Lipinski definition) is 3. The molecule has 0 aliphatic carbocycles. The summed E-state index contributed by atoms with van der Waals surface area (Å²) in [5.41, 5.74) is -0.380. The maximum atomic E-state index is 14.1. The zero-order chi connectivity index (χ0) is 20.4. The van der Waals surface area contributed by atoms with Gasteiger partial charge in [-0.15, -0.1) is 0 Å². The molecule has 0 heterocycles. The lowest BCUT2D eigenvalue weighted by Gasteiger charge is -2.17. The topological polar surface area (TPSA) is 66.8 Å². The van der Waals surface area contributed by atoms with Crippen LogP contribution in [-0.2, 0) is 17.4 Å². The molecule has 0 fully saturated rings. The Hall–Kier alpha value is -2.77. The highest BCUT2D eigenvalue weighted by atomic mass is 19.4. The first-order valence-corrected chi connectivity index (χ1v) is 8.05. The van der Waals surface area contributed by atoms with Gasteiger partial charge in [-0.3, -0.25) is 0 Å². The molecule has 0 aliphatic heterocycles. The highest BCUT2D eigenvalue weighted by molar-refractivity contribution is 5.68. The summed E-state index contributed by atoms with van der Waals surface area (Å²) < 4.78 is 58.9. The smallest absolute Gasteiger partial charge is 0.416 e. The Morgan fingerprint density at radius 1 is 1.19 bits per heavy atom. The third kappa shape index (κ3) is 5.12. The second kappa shape index (κ2) is 7.85. The second-order valence-corrected chi connectivity index (χ2v) is 6.34. The van der Waals surface area contributed by atoms with Crippen LogP contribution in [0.2, 0.25) is 0 Å². The van der Waals surface area contributed by atoms with E-state index in [2.05, 4.69) is 4.74 Å². The molecule has 0 spiro atoms. The van der Waals surface area contributed by atoms with E-state index in [4.69, 9.17) is 5.11 Å². The molecule has 0 amide bonds. The van der Waals surface area contributed by atoms with E-state index in [-0.39, 0.29) is 23.7 Å². The average Bonchev–Trinajstić information content (AvgIpc) is 2.54. The molecule has 2 N–H and O–H groups in total. The fourth-order valence-corrected chi connectivity index (χ4v) is 2.65. The van der Waals surface area contributed by atoms with Crippen LogP contribution in [-0.4, -0.2) is 22.8 Å². The predicted octanol–water partition coefficient (Wildman–Crippen LogP) is 4.73. The van der Waals surface area contributed by atoms with Crippen LogP contribution >= 0.6 is 0 Å². The molecule has 2 aromatic carbocycles. The largest absolute Gasteiger partial charge is 0.508 e. The normalized spacial score (nSPS) is 11.7. The number of phenols is 1. The highest BCUT2D eigenvalue weighted by Gasteiger charge is 2.35. The van der Waals surface area contributed by atoms with Crippen LogP contribution in [0.1, 0.15) is 42.0 Å². The van der Waals surface area contributed by atoms with Crippen LogP contribution in [0, 0.1) is 5.82 Å². The molecule has 0 aliphatic rings. The molecule has 27 heavy (non-hydrogen) atoms. The van der Waals surface area contributed by atoms with Gasteiger partial charge in [-0.2, -0.15) is 13.2 Å². The molecular formula is C19H18F4O4. The van der Waals surface area contributed by atoms with E-state index in [0.29, 0.717) is 23.3 Å². The minimum absolute atomic E-state index is 0.0355. The lowest BCUT2D eigenvalue weighted by molar-refractivity contribution is -0.139. The van der Waals surface area contributed by atoms with Gasteiger partial charge in [0, 0.05) is 0 Å². The molecule has 0 saturated heterocycles. The zero-order valence-electron chi connectivity index (χ0n) is 14.6. The van der Waals surface area contributed by atoms with Crippen molar-refractivity contribution in [3.63, 3.8) is 0 Å².